The van der Waals surface area contributed by atoms with Crippen molar-refractivity contribution in [2.45, 2.75) is 26.4 Å². The Kier molecular flexibility index (Phi) is 4.31. The topological polar surface area (TPSA) is 108 Å². The van der Waals surface area contributed by atoms with Crippen LogP contribution in [0.3, 0.4) is 0 Å². The zero-order valence-electron chi connectivity index (χ0n) is 11.8. The fourth-order valence-corrected chi connectivity index (χ4v) is 1.85. The van der Waals surface area contributed by atoms with E-state index in [1.54, 1.807) is 24.9 Å². The molecule has 0 spiro atoms. The number of carbonyl (C=O) groups excluding carboxylic acids is 1. The van der Waals surface area contributed by atoms with E-state index in [0.717, 1.165) is 5.69 Å². The Morgan fingerprint density at radius 3 is 2.81 bits per heavy atom. The molecule has 1 N–H and O–H groups in total. The molecule has 0 radical (unpaired) electrons. The molecule has 2 aromatic rings. The number of hydrogen-bond acceptors (Lipinski definition) is 5. The van der Waals surface area contributed by atoms with Gasteiger partial charge >= 0.3 is 5.69 Å². The van der Waals surface area contributed by atoms with E-state index in [-0.39, 0.29) is 18.0 Å². The molecule has 0 aromatic carbocycles. The highest BCUT2D eigenvalue weighted by Gasteiger charge is 2.15. The van der Waals surface area contributed by atoms with Crippen LogP contribution >= 0.6 is 0 Å². The van der Waals surface area contributed by atoms with Gasteiger partial charge in [0.05, 0.1) is 17.2 Å². The summed E-state index contributed by atoms with van der Waals surface area (Å²) in [6.07, 6.45) is 3.33. The summed E-state index contributed by atoms with van der Waals surface area (Å²) in [4.78, 5) is 21.9. The summed E-state index contributed by atoms with van der Waals surface area (Å²) in [5.41, 5.74) is 1.08. The van der Waals surface area contributed by atoms with E-state index in [9.17, 15) is 14.9 Å². The molecule has 2 aromatic heterocycles. The van der Waals surface area contributed by atoms with Crippen LogP contribution in [0, 0.1) is 17.0 Å². The Balaban J connectivity index is 1.81. The lowest BCUT2D eigenvalue weighted by Gasteiger charge is -2.03. The van der Waals surface area contributed by atoms with E-state index in [2.05, 4.69) is 15.5 Å². The van der Waals surface area contributed by atoms with Crippen LogP contribution in [-0.4, -0.2) is 30.4 Å². The summed E-state index contributed by atoms with van der Waals surface area (Å²) >= 11 is 0. The van der Waals surface area contributed by atoms with Crippen LogP contribution in [0.15, 0.2) is 18.5 Å². The van der Waals surface area contributed by atoms with E-state index in [1.165, 1.54) is 10.9 Å². The highest BCUT2D eigenvalue weighted by atomic mass is 16.6. The first-order chi connectivity index (χ1) is 9.95. The minimum atomic E-state index is -0.486. The number of aromatic nitrogens is 4. The molecule has 0 fully saturated rings. The standard InChI is InChI=1S/C12H16N6O3/c1-9-11(18(20)21)8-17(14-9)6-4-12(19)13-7-10-3-5-16(2)15-10/h3,5,8H,4,6-7H2,1-2H3,(H,13,19). The van der Waals surface area contributed by atoms with Gasteiger partial charge in [0.25, 0.3) is 0 Å². The Morgan fingerprint density at radius 1 is 1.48 bits per heavy atom. The van der Waals surface area contributed by atoms with Gasteiger partial charge in [-0.05, 0) is 13.0 Å². The normalized spacial score (nSPS) is 10.6. The van der Waals surface area contributed by atoms with Gasteiger partial charge in [0, 0.05) is 26.2 Å². The Labute approximate surface area is 120 Å². The summed E-state index contributed by atoms with van der Waals surface area (Å²) in [6.45, 7) is 2.22. The minimum absolute atomic E-state index is 0.0381. The number of nitro groups is 1. The molecule has 0 aliphatic carbocycles. The molecule has 112 valence electrons. The van der Waals surface area contributed by atoms with E-state index < -0.39 is 4.92 Å². The maximum absolute atomic E-state index is 11.7. The summed E-state index contributed by atoms with van der Waals surface area (Å²) in [6, 6.07) is 1.82. The third-order valence-corrected chi connectivity index (χ3v) is 2.92. The smallest absolute Gasteiger partial charge is 0.309 e. The second-order valence-corrected chi connectivity index (χ2v) is 4.63. The fourth-order valence-electron chi connectivity index (χ4n) is 1.85. The zero-order chi connectivity index (χ0) is 15.4. The number of hydrogen-bond donors (Lipinski definition) is 1. The average molecular weight is 292 g/mol. The van der Waals surface area contributed by atoms with Crippen LogP contribution in [0.2, 0.25) is 0 Å². The molecule has 2 heterocycles. The van der Waals surface area contributed by atoms with Gasteiger partial charge in [-0.25, -0.2) is 0 Å². The molecule has 9 nitrogen and oxygen atoms in total. The maximum atomic E-state index is 11.7. The van der Waals surface area contributed by atoms with Gasteiger partial charge in [0.1, 0.15) is 11.9 Å². The van der Waals surface area contributed by atoms with Crippen molar-refractivity contribution in [1.29, 1.82) is 0 Å². The molecule has 0 saturated heterocycles. The lowest BCUT2D eigenvalue weighted by atomic mass is 10.3. The van der Waals surface area contributed by atoms with Gasteiger partial charge in [-0.15, -0.1) is 0 Å². The van der Waals surface area contributed by atoms with Crippen molar-refractivity contribution in [3.8, 4) is 0 Å². The summed E-state index contributed by atoms with van der Waals surface area (Å²) in [5.74, 6) is -0.156. The van der Waals surface area contributed by atoms with Crippen molar-refractivity contribution >= 4 is 11.6 Å². The molecule has 0 aliphatic heterocycles. The van der Waals surface area contributed by atoms with Gasteiger partial charge in [0.2, 0.25) is 5.91 Å². The Morgan fingerprint density at radius 2 is 2.24 bits per heavy atom. The van der Waals surface area contributed by atoms with E-state index in [1.807, 2.05) is 6.07 Å². The Bertz CT molecular complexity index is 660. The number of nitrogens with one attached hydrogen (secondary N) is 1. The molecule has 0 saturated carbocycles. The lowest BCUT2D eigenvalue weighted by Crippen LogP contribution is -2.24. The maximum Gasteiger partial charge on any atom is 0.309 e. The van der Waals surface area contributed by atoms with Crippen molar-refractivity contribution < 1.29 is 9.72 Å². The van der Waals surface area contributed by atoms with Crippen molar-refractivity contribution in [2.24, 2.45) is 7.05 Å². The average Bonchev–Trinajstić information content (AvgIpc) is 3.00. The zero-order valence-corrected chi connectivity index (χ0v) is 11.8. The third kappa shape index (κ3) is 3.88. The molecular weight excluding hydrogens is 276 g/mol. The first kappa shape index (κ1) is 14.7. The SMILES string of the molecule is Cc1nn(CCC(=O)NCc2ccn(C)n2)cc1[N+](=O)[O-]. The second kappa shape index (κ2) is 6.16. The quantitative estimate of drug-likeness (QED) is 0.617. The van der Waals surface area contributed by atoms with Gasteiger partial charge < -0.3 is 5.32 Å². The van der Waals surface area contributed by atoms with Crippen LogP contribution in [0.25, 0.3) is 0 Å². The van der Waals surface area contributed by atoms with Gasteiger partial charge in [-0.2, -0.15) is 10.2 Å². The van der Waals surface area contributed by atoms with Crippen molar-refractivity contribution in [3.63, 3.8) is 0 Å². The molecule has 21 heavy (non-hydrogen) atoms. The number of aryl methyl sites for hydroxylation is 3. The molecule has 0 aliphatic rings. The van der Waals surface area contributed by atoms with Crippen LogP contribution in [0.1, 0.15) is 17.8 Å². The van der Waals surface area contributed by atoms with Gasteiger partial charge in [-0.3, -0.25) is 24.3 Å². The van der Waals surface area contributed by atoms with Crippen LogP contribution in [0.4, 0.5) is 5.69 Å². The highest BCUT2D eigenvalue weighted by Crippen LogP contribution is 2.14. The third-order valence-electron chi connectivity index (χ3n) is 2.92. The first-order valence-electron chi connectivity index (χ1n) is 6.39. The predicted molar refractivity (Wildman–Crippen MR) is 73.3 cm³/mol. The number of carbonyl (C=O) groups is 1. The number of amides is 1. The largest absolute Gasteiger partial charge is 0.350 e. The van der Waals surface area contributed by atoms with Crippen LogP contribution in [0.5, 0.6) is 0 Å². The summed E-state index contributed by atoms with van der Waals surface area (Å²) in [5, 5.41) is 21.6. The highest BCUT2D eigenvalue weighted by molar-refractivity contribution is 5.75. The van der Waals surface area contributed by atoms with Crippen LogP contribution < -0.4 is 5.32 Å². The van der Waals surface area contributed by atoms with Gasteiger partial charge in [-0.1, -0.05) is 0 Å². The number of rotatable bonds is 6. The molecule has 9 heteroatoms. The first-order valence-corrected chi connectivity index (χ1v) is 6.39. The molecule has 2 rings (SSSR count). The minimum Gasteiger partial charge on any atom is -0.350 e. The molecular formula is C12H16N6O3. The predicted octanol–water partition coefficient (Wildman–Crippen LogP) is 0.540. The monoisotopic (exact) mass is 292 g/mol. The lowest BCUT2D eigenvalue weighted by molar-refractivity contribution is -0.385. The molecule has 0 bridgehead atoms. The fraction of sp³-hybridized carbons (Fsp3) is 0.417. The van der Waals surface area contributed by atoms with Gasteiger partial charge in [0.15, 0.2) is 0 Å². The van der Waals surface area contributed by atoms with E-state index in [0.29, 0.717) is 18.8 Å². The van der Waals surface area contributed by atoms with E-state index >= 15 is 0 Å². The molecule has 0 atom stereocenters. The van der Waals surface area contributed by atoms with Crippen molar-refractivity contribution in [1.82, 2.24) is 24.9 Å². The number of nitrogens with zero attached hydrogens (tertiary/aromatic N) is 5. The molecule has 1 amide bonds. The second-order valence-electron chi connectivity index (χ2n) is 4.63. The van der Waals surface area contributed by atoms with E-state index in [4.69, 9.17) is 0 Å². The summed E-state index contributed by atoms with van der Waals surface area (Å²) < 4.78 is 3.07. The van der Waals surface area contributed by atoms with Crippen LogP contribution in [-0.2, 0) is 24.9 Å². The van der Waals surface area contributed by atoms with Crippen molar-refractivity contribution in [2.75, 3.05) is 0 Å². The van der Waals surface area contributed by atoms with Crippen molar-refractivity contribution in [3.05, 3.63) is 40.0 Å². The summed E-state index contributed by atoms with van der Waals surface area (Å²) in [7, 11) is 1.80. The molecule has 0 unspecified atom stereocenters. The Hall–Kier alpha value is -2.71.